The van der Waals surface area contributed by atoms with Gasteiger partial charge in [0.1, 0.15) is 17.7 Å². The number of carboxylic acids is 1. The molecule has 1 aliphatic rings. The Kier molecular flexibility index (Phi) is 4.68. The van der Waals surface area contributed by atoms with E-state index in [9.17, 15) is 9.90 Å². The molecule has 0 saturated heterocycles. The molecule has 1 aromatic carbocycles. The molecule has 3 aromatic rings. The molecule has 146 valence electrons. The molecule has 0 radical (unpaired) electrons. The van der Waals surface area contributed by atoms with Gasteiger partial charge in [-0.2, -0.15) is 4.98 Å². The predicted molar refractivity (Wildman–Crippen MR) is 99.3 cm³/mol. The number of nitrogens with zero attached hydrogens (tertiary/aromatic N) is 6. The summed E-state index contributed by atoms with van der Waals surface area (Å²) in [6.07, 6.45) is 0. The standard InChI is InChI=1S/C19H22N6O3/c1-11(2)13-4-6-14(7-5-13)18-20-17(28-23-18)10-24-9-16-22-21-12(3)25(16)8-15(24)19(26)27/h4-7,11,15H,8-10H2,1-3H3,(H,26,27). The molecule has 0 aliphatic carbocycles. The van der Waals surface area contributed by atoms with Gasteiger partial charge in [-0.25, -0.2) is 0 Å². The van der Waals surface area contributed by atoms with E-state index >= 15 is 0 Å². The van der Waals surface area contributed by atoms with Gasteiger partial charge in [0.25, 0.3) is 0 Å². The first kappa shape index (κ1) is 18.3. The Morgan fingerprint density at radius 2 is 2.04 bits per heavy atom. The van der Waals surface area contributed by atoms with Gasteiger partial charge in [-0.05, 0) is 18.4 Å². The van der Waals surface area contributed by atoms with Crippen LogP contribution < -0.4 is 0 Å². The molecule has 0 amide bonds. The Bertz CT molecular complexity index is 992. The lowest BCUT2D eigenvalue weighted by Gasteiger charge is -2.32. The first-order valence-electron chi connectivity index (χ1n) is 9.21. The second kappa shape index (κ2) is 7.16. The van der Waals surface area contributed by atoms with E-state index in [-0.39, 0.29) is 6.54 Å². The van der Waals surface area contributed by atoms with Gasteiger partial charge < -0.3 is 14.2 Å². The van der Waals surface area contributed by atoms with Gasteiger partial charge in [0, 0.05) is 5.56 Å². The maximum atomic E-state index is 11.7. The fourth-order valence-electron chi connectivity index (χ4n) is 3.39. The highest BCUT2D eigenvalue weighted by atomic mass is 16.5. The maximum absolute atomic E-state index is 11.7. The SMILES string of the molecule is Cc1nnc2n1CC(C(=O)O)N(Cc1nc(-c3ccc(C(C)C)cc3)no1)C2. The number of fused-ring (bicyclic) bond motifs is 1. The number of benzene rings is 1. The second-order valence-corrected chi connectivity index (χ2v) is 7.32. The smallest absolute Gasteiger partial charge is 0.322 e. The molecule has 9 heteroatoms. The van der Waals surface area contributed by atoms with Crippen molar-refractivity contribution in [2.75, 3.05) is 0 Å². The van der Waals surface area contributed by atoms with Crippen molar-refractivity contribution in [1.82, 2.24) is 29.8 Å². The molecule has 3 heterocycles. The van der Waals surface area contributed by atoms with Crippen molar-refractivity contribution in [2.24, 2.45) is 0 Å². The van der Waals surface area contributed by atoms with Gasteiger partial charge in [-0.1, -0.05) is 43.3 Å². The Labute approximate surface area is 162 Å². The van der Waals surface area contributed by atoms with Gasteiger partial charge in [-0.15, -0.1) is 10.2 Å². The second-order valence-electron chi connectivity index (χ2n) is 7.32. The first-order chi connectivity index (χ1) is 13.4. The Hall–Kier alpha value is -3.07. The number of aromatic nitrogens is 5. The fraction of sp³-hybridized carbons (Fsp3) is 0.421. The van der Waals surface area contributed by atoms with Gasteiger partial charge in [0.15, 0.2) is 0 Å². The zero-order valence-electron chi connectivity index (χ0n) is 16.0. The van der Waals surface area contributed by atoms with Crippen molar-refractivity contribution in [1.29, 1.82) is 0 Å². The minimum atomic E-state index is -0.900. The fourth-order valence-corrected chi connectivity index (χ4v) is 3.39. The third-order valence-corrected chi connectivity index (χ3v) is 5.08. The molecule has 1 atom stereocenters. The Morgan fingerprint density at radius 1 is 1.29 bits per heavy atom. The molecule has 1 N–H and O–H groups in total. The van der Waals surface area contributed by atoms with E-state index in [4.69, 9.17) is 4.52 Å². The van der Waals surface area contributed by atoms with Crippen molar-refractivity contribution in [3.8, 4) is 11.4 Å². The van der Waals surface area contributed by atoms with Crippen LogP contribution in [0.5, 0.6) is 0 Å². The van der Waals surface area contributed by atoms with Crippen LogP contribution in [0.1, 0.15) is 42.9 Å². The first-order valence-corrected chi connectivity index (χ1v) is 9.21. The Balaban J connectivity index is 1.53. The van der Waals surface area contributed by atoms with Gasteiger partial charge in [0.2, 0.25) is 11.7 Å². The molecule has 2 aromatic heterocycles. The minimum Gasteiger partial charge on any atom is -0.480 e. The minimum absolute atomic E-state index is 0.236. The number of hydrogen-bond donors (Lipinski definition) is 1. The summed E-state index contributed by atoms with van der Waals surface area (Å²) in [5.74, 6) is 1.87. The summed E-state index contributed by atoms with van der Waals surface area (Å²) in [5, 5.41) is 21.9. The maximum Gasteiger partial charge on any atom is 0.322 e. The van der Waals surface area contributed by atoms with E-state index < -0.39 is 12.0 Å². The lowest BCUT2D eigenvalue weighted by Crippen LogP contribution is -2.47. The highest BCUT2D eigenvalue weighted by molar-refractivity contribution is 5.73. The lowest BCUT2D eigenvalue weighted by atomic mass is 10.0. The van der Waals surface area contributed by atoms with Gasteiger partial charge in [-0.3, -0.25) is 9.69 Å². The number of hydrogen-bond acceptors (Lipinski definition) is 7. The quantitative estimate of drug-likeness (QED) is 0.715. The van der Waals surface area contributed by atoms with Crippen LogP contribution in [0.2, 0.25) is 0 Å². The molecule has 0 saturated carbocycles. The van der Waals surface area contributed by atoms with Crippen LogP contribution in [0.3, 0.4) is 0 Å². The average molecular weight is 382 g/mol. The zero-order valence-corrected chi connectivity index (χ0v) is 16.0. The number of rotatable bonds is 5. The number of carbonyl (C=O) groups is 1. The predicted octanol–water partition coefficient (Wildman–Crippen LogP) is 2.23. The molecule has 9 nitrogen and oxygen atoms in total. The molecular weight excluding hydrogens is 360 g/mol. The summed E-state index contributed by atoms with van der Waals surface area (Å²) in [5.41, 5.74) is 2.10. The molecule has 0 fully saturated rings. The number of aliphatic carboxylic acids is 1. The molecule has 0 bridgehead atoms. The van der Waals surface area contributed by atoms with Crippen molar-refractivity contribution < 1.29 is 14.4 Å². The van der Waals surface area contributed by atoms with Crippen LogP contribution in [0.4, 0.5) is 0 Å². The highest BCUT2D eigenvalue weighted by Crippen LogP contribution is 2.23. The Morgan fingerprint density at radius 3 is 2.71 bits per heavy atom. The third kappa shape index (κ3) is 3.40. The van der Waals surface area contributed by atoms with Crippen LogP contribution >= 0.6 is 0 Å². The van der Waals surface area contributed by atoms with Crippen LogP contribution in [-0.4, -0.2) is 46.9 Å². The van der Waals surface area contributed by atoms with Gasteiger partial charge in [0.05, 0.1) is 19.6 Å². The average Bonchev–Trinajstić information content (AvgIpc) is 3.28. The molecule has 1 unspecified atom stereocenters. The summed E-state index contributed by atoms with van der Waals surface area (Å²) < 4.78 is 7.22. The van der Waals surface area contributed by atoms with E-state index in [0.717, 1.165) is 11.4 Å². The van der Waals surface area contributed by atoms with Gasteiger partial charge >= 0.3 is 5.97 Å². The van der Waals surface area contributed by atoms with E-state index in [1.54, 1.807) is 4.90 Å². The number of carboxylic acid groups (broad SMARTS) is 1. The molecule has 0 spiro atoms. The summed E-state index contributed by atoms with van der Waals surface area (Å²) in [4.78, 5) is 18.0. The third-order valence-electron chi connectivity index (χ3n) is 5.08. The van der Waals surface area contributed by atoms with Crippen molar-refractivity contribution in [3.05, 3.63) is 47.4 Å². The van der Waals surface area contributed by atoms with Crippen LogP contribution in [0.25, 0.3) is 11.4 Å². The lowest BCUT2D eigenvalue weighted by molar-refractivity contribution is -0.145. The number of aryl methyl sites for hydroxylation is 1. The topological polar surface area (TPSA) is 110 Å². The normalized spacial score (nSPS) is 17.1. The van der Waals surface area contributed by atoms with Crippen LogP contribution in [-0.2, 0) is 24.4 Å². The summed E-state index contributed by atoms with van der Waals surface area (Å²) in [7, 11) is 0. The van der Waals surface area contributed by atoms with E-state index in [2.05, 4.69) is 46.3 Å². The molecule has 1 aliphatic heterocycles. The van der Waals surface area contributed by atoms with Crippen molar-refractivity contribution >= 4 is 5.97 Å². The summed E-state index contributed by atoms with van der Waals surface area (Å²) >= 11 is 0. The largest absolute Gasteiger partial charge is 0.480 e. The highest BCUT2D eigenvalue weighted by Gasteiger charge is 2.34. The van der Waals surface area contributed by atoms with E-state index in [1.807, 2.05) is 23.6 Å². The van der Waals surface area contributed by atoms with E-state index in [1.165, 1.54) is 5.56 Å². The summed E-state index contributed by atoms with van der Waals surface area (Å²) in [6.45, 7) is 6.99. The molecule has 4 rings (SSSR count). The molecular formula is C19H22N6O3. The van der Waals surface area contributed by atoms with Crippen LogP contribution in [0, 0.1) is 6.92 Å². The summed E-state index contributed by atoms with van der Waals surface area (Å²) in [6, 6.07) is 7.33. The van der Waals surface area contributed by atoms with Crippen molar-refractivity contribution in [2.45, 2.75) is 52.4 Å². The monoisotopic (exact) mass is 382 g/mol. The van der Waals surface area contributed by atoms with Crippen LogP contribution in [0.15, 0.2) is 28.8 Å². The molecule has 28 heavy (non-hydrogen) atoms. The zero-order chi connectivity index (χ0) is 19.8. The van der Waals surface area contributed by atoms with Crippen molar-refractivity contribution in [3.63, 3.8) is 0 Å². The van der Waals surface area contributed by atoms with E-state index in [0.29, 0.717) is 36.5 Å².